The highest BCUT2D eigenvalue weighted by Gasteiger charge is 2.18. The SMILES string of the molecule is Cc1cc(C)n(C(=O)/C(C#N)=C/c2cc(C)n(-c3cccc(Cl)c3C)c2C)n1. The molecule has 142 valence electrons. The van der Waals surface area contributed by atoms with E-state index in [9.17, 15) is 10.1 Å². The minimum Gasteiger partial charge on any atom is -0.318 e. The summed E-state index contributed by atoms with van der Waals surface area (Å²) in [4.78, 5) is 12.8. The van der Waals surface area contributed by atoms with E-state index in [2.05, 4.69) is 9.67 Å². The van der Waals surface area contributed by atoms with Crippen LogP contribution in [0.1, 0.15) is 38.7 Å². The van der Waals surface area contributed by atoms with Gasteiger partial charge in [0.25, 0.3) is 5.91 Å². The van der Waals surface area contributed by atoms with Gasteiger partial charge < -0.3 is 4.57 Å². The van der Waals surface area contributed by atoms with E-state index in [0.717, 1.165) is 33.9 Å². The van der Waals surface area contributed by atoms with Crippen LogP contribution in [-0.2, 0) is 0 Å². The van der Waals surface area contributed by atoms with Crippen molar-refractivity contribution in [1.29, 1.82) is 5.26 Å². The molecule has 0 radical (unpaired) electrons. The number of allylic oxidation sites excluding steroid dienone is 1. The number of carbonyl (C=O) groups excluding carboxylic acids is 1. The van der Waals surface area contributed by atoms with Gasteiger partial charge in [-0.3, -0.25) is 4.79 Å². The van der Waals surface area contributed by atoms with Gasteiger partial charge >= 0.3 is 0 Å². The molecule has 0 fully saturated rings. The van der Waals surface area contributed by atoms with E-state index in [1.807, 2.05) is 58.0 Å². The van der Waals surface area contributed by atoms with Gasteiger partial charge in [-0.25, -0.2) is 4.68 Å². The molecule has 1 aromatic carbocycles. The van der Waals surface area contributed by atoms with Gasteiger partial charge in [-0.2, -0.15) is 10.4 Å². The highest BCUT2D eigenvalue weighted by atomic mass is 35.5. The number of nitrogens with zero attached hydrogens (tertiary/aromatic N) is 4. The number of carbonyl (C=O) groups is 1. The van der Waals surface area contributed by atoms with Crippen molar-refractivity contribution in [3.05, 3.63) is 74.8 Å². The molecule has 28 heavy (non-hydrogen) atoms. The van der Waals surface area contributed by atoms with E-state index < -0.39 is 5.91 Å². The number of aryl methyl sites for hydroxylation is 3. The molecule has 0 bridgehead atoms. The summed E-state index contributed by atoms with van der Waals surface area (Å²) in [6, 6.07) is 11.6. The molecule has 0 spiro atoms. The number of hydrogen-bond acceptors (Lipinski definition) is 3. The third kappa shape index (κ3) is 3.39. The second kappa shape index (κ2) is 7.49. The second-order valence-electron chi connectivity index (χ2n) is 6.86. The molecule has 3 aromatic rings. The van der Waals surface area contributed by atoms with E-state index in [0.29, 0.717) is 10.7 Å². The fourth-order valence-corrected chi connectivity index (χ4v) is 3.56. The van der Waals surface area contributed by atoms with E-state index in [1.54, 1.807) is 19.1 Å². The normalized spacial score (nSPS) is 11.5. The first-order valence-corrected chi connectivity index (χ1v) is 9.26. The largest absolute Gasteiger partial charge is 0.318 e. The standard InChI is InChI=1S/C22H21ClN4O/c1-13-9-15(3)27(25-13)22(28)19(12-24)11-18-10-14(2)26(17(18)5)21-8-6-7-20(23)16(21)4/h6-11H,1-5H3/b19-11+. The lowest BCUT2D eigenvalue weighted by atomic mass is 10.1. The zero-order valence-electron chi connectivity index (χ0n) is 16.5. The third-order valence-corrected chi connectivity index (χ3v) is 5.21. The van der Waals surface area contributed by atoms with Gasteiger partial charge in [0.15, 0.2) is 0 Å². The van der Waals surface area contributed by atoms with Gasteiger partial charge in [0.2, 0.25) is 0 Å². The van der Waals surface area contributed by atoms with Crippen LogP contribution in [0.3, 0.4) is 0 Å². The third-order valence-electron chi connectivity index (χ3n) is 4.80. The molecular formula is C22H21ClN4O. The van der Waals surface area contributed by atoms with E-state index in [-0.39, 0.29) is 5.57 Å². The van der Waals surface area contributed by atoms with Crippen LogP contribution >= 0.6 is 11.6 Å². The molecule has 0 saturated heterocycles. The summed E-state index contributed by atoms with van der Waals surface area (Å²) >= 11 is 6.29. The quantitative estimate of drug-likeness (QED) is 0.459. The molecule has 0 amide bonds. The van der Waals surface area contributed by atoms with Crippen molar-refractivity contribution in [2.24, 2.45) is 0 Å². The molecule has 0 N–H and O–H groups in total. The van der Waals surface area contributed by atoms with Gasteiger partial charge in [0.05, 0.1) is 5.69 Å². The van der Waals surface area contributed by atoms with Crippen LogP contribution in [0.15, 0.2) is 35.9 Å². The molecular weight excluding hydrogens is 372 g/mol. The lowest BCUT2D eigenvalue weighted by molar-refractivity contribution is 0.0943. The molecule has 0 aliphatic rings. The highest BCUT2D eigenvalue weighted by Crippen LogP contribution is 2.28. The topological polar surface area (TPSA) is 63.6 Å². The van der Waals surface area contributed by atoms with Crippen molar-refractivity contribution >= 4 is 23.6 Å². The van der Waals surface area contributed by atoms with E-state index in [4.69, 9.17) is 11.6 Å². The van der Waals surface area contributed by atoms with Crippen molar-refractivity contribution < 1.29 is 4.79 Å². The van der Waals surface area contributed by atoms with Gasteiger partial charge in [-0.15, -0.1) is 0 Å². The minimum absolute atomic E-state index is 0.0364. The summed E-state index contributed by atoms with van der Waals surface area (Å²) in [5.41, 5.74) is 6.15. The lowest BCUT2D eigenvalue weighted by Crippen LogP contribution is -2.15. The number of hydrogen-bond donors (Lipinski definition) is 0. The first kappa shape index (κ1) is 19.7. The monoisotopic (exact) mass is 392 g/mol. The Morgan fingerprint density at radius 1 is 1.14 bits per heavy atom. The molecule has 0 saturated carbocycles. The van der Waals surface area contributed by atoms with Crippen molar-refractivity contribution in [3.8, 4) is 11.8 Å². The Morgan fingerprint density at radius 2 is 1.86 bits per heavy atom. The Kier molecular flexibility index (Phi) is 5.26. The molecule has 0 aliphatic carbocycles. The van der Waals surface area contributed by atoms with Crippen LogP contribution in [0.5, 0.6) is 0 Å². The Hall–Kier alpha value is -3.10. The molecule has 6 heteroatoms. The predicted molar refractivity (Wildman–Crippen MR) is 111 cm³/mol. The number of nitriles is 1. The van der Waals surface area contributed by atoms with Crippen LogP contribution in [0.4, 0.5) is 0 Å². The minimum atomic E-state index is -0.433. The number of benzene rings is 1. The van der Waals surface area contributed by atoms with Crippen LogP contribution in [0, 0.1) is 45.9 Å². The van der Waals surface area contributed by atoms with Crippen molar-refractivity contribution in [2.45, 2.75) is 34.6 Å². The summed E-state index contributed by atoms with van der Waals surface area (Å²) in [5.74, 6) is -0.433. The summed E-state index contributed by atoms with van der Waals surface area (Å²) in [7, 11) is 0. The van der Waals surface area contributed by atoms with E-state index in [1.165, 1.54) is 4.68 Å². The second-order valence-corrected chi connectivity index (χ2v) is 7.27. The van der Waals surface area contributed by atoms with E-state index >= 15 is 0 Å². The van der Waals surface area contributed by atoms with Gasteiger partial charge in [-0.1, -0.05) is 17.7 Å². The molecule has 0 atom stereocenters. The first-order chi connectivity index (χ1) is 13.2. The summed E-state index contributed by atoms with van der Waals surface area (Å²) in [6.45, 7) is 9.52. The average Bonchev–Trinajstić information content (AvgIpc) is 3.13. The maximum Gasteiger partial charge on any atom is 0.289 e. The number of rotatable bonds is 3. The molecule has 2 aromatic heterocycles. The Morgan fingerprint density at radius 3 is 2.46 bits per heavy atom. The zero-order chi connectivity index (χ0) is 20.6. The fourth-order valence-electron chi connectivity index (χ4n) is 3.39. The fraction of sp³-hybridized carbons (Fsp3) is 0.227. The maximum atomic E-state index is 12.8. The molecule has 5 nitrogen and oxygen atoms in total. The predicted octanol–water partition coefficient (Wildman–Crippen LogP) is 5.12. The van der Waals surface area contributed by atoms with Crippen LogP contribution in [0.25, 0.3) is 11.8 Å². The average molecular weight is 393 g/mol. The van der Waals surface area contributed by atoms with Gasteiger partial charge in [0, 0.05) is 27.8 Å². The van der Waals surface area contributed by atoms with Crippen LogP contribution < -0.4 is 0 Å². The summed E-state index contributed by atoms with van der Waals surface area (Å²) in [6.07, 6.45) is 1.62. The maximum absolute atomic E-state index is 12.8. The molecule has 2 heterocycles. The van der Waals surface area contributed by atoms with Crippen LogP contribution in [0.2, 0.25) is 5.02 Å². The molecule has 0 unspecified atom stereocenters. The Bertz CT molecular complexity index is 1160. The summed E-state index contributed by atoms with van der Waals surface area (Å²) in [5, 5.41) is 14.5. The van der Waals surface area contributed by atoms with Crippen molar-refractivity contribution in [1.82, 2.24) is 14.3 Å². The van der Waals surface area contributed by atoms with Crippen LogP contribution in [-0.4, -0.2) is 20.3 Å². The first-order valence-electron chi connectivity index (χ1n) is 8.88. The van der Waals surface area contributed by atoms with Gasteiger partial charge in [0.1, 0.15) is 11.6 Å². The Labute approximate surface area is 169 Å². The van der Waals surface area contributed by atoms with Gasteiger partial charge in [-0.05, 0) is 76.1 Å². The zero-order valence-corrected chi connectivity index (χ0v) is 17.3. The smallest absolute Gasteiger partial charge is 0.289 e. The number of aromatic nitrogens is 3. The molecule has 0 aliphatic heterocycles. The Balaban J connectivity index is 2.09. The lowest BCUT2D eigenvalue weighted by Gasteiger charge is -2.13. The van der Waals surface area contributed by atoms with Crippen molar-refractivity contribution in [2.75, 3.05) is 0 Å². The number of halogens is 1. The highest BCUT2D eigenvalue weighted by molar-refractivity contribution is 6.31. The summed E-state index contributed by atoms with van der Waals surface area (Å²) < 4.78 is 3.35. The van der Waals surface area contributed by atoms with Crippen molar-refractivity contribution in [3.63, 3.8) is 0 Å². The molecule has 3 rings (SSSR count).